The number of hydrogen-bond donors (Lipinski definition) is 1. The van der Waals surface area contributed by atoms with Gasteiger partial charge in [-0.05, 0) is 44.5 Å². The lowest BCUT2D eigenvalue weighted by Gasteiger charge is -2.24. The quantitative estimate of drug-likeness (QED) is 0.813. The van der Waals surface area contributed by atoms with Gasteiger partial charge in [-0.15, -0.1) is 0 Å². The normalized spacial score (nSPS) is 19.1. The molecule has 0 aromatic heterocycles. The molecule has 0 bridgehead atoms. The Morgan fingerprint density at radius 2 is 2.04 bits per heavy atom. The van der Waals surface area contributed by atoms with Gasteiger partial charge in [0.15, 0.2) is 17.5 Å². The van der Waals surface area contributed by atoms with Crippen molar-refractivity contribution >= 4 is 5.91 Å². The first-order valence-electron chi connectivity index (χ1n) is 7.61. The zero-order valence-corrected chi connectivity index (χ0v) is 13.2. The Balaban J connectivity index is 1.88. The number of rotatable bonds is 6. The van der Waals surface area contributed by atoms with Gasteiger partial charge in [0.25, 0.3) is 0 Å². The van der Waals surface area contributed by atoms with Gasteiger partial charge in [-0.1, -0.05) is 0 Å². The fourth-order valence-corrected chi connectivity index (χ4v) is 2.49. The summed E-state index contributed by atoms with van der Waals surface area (Å²) in [7, 11) is 1.66. The summed E-state index contributed by atoms with van der Waals surface area (Å²) in [4.78, 5) is 13.7. The number of likely N-dealkylation sites (N-methyl/N-ethyl adjacent to an activating group) is 1. The zero-order chi connectivity index (χ0) is 17.0. The van der Waals surface area contributed by atoms with Gasteiger partial charge in [-0.3, -0.25) is 9.69 Å². The van der Waals surface area contributed by atoms with Crippen molar-refractivity contribution in [1.29, 1.82) is 0 Å². The first kappa shape index (κ1) is 17.7. The molecular weight excluding hydrogens is 309 g/mol. The van der Waals surface area contributed by atoms with E-state index in [1.165, 1.54) is 0 Å². The van der Waals surface area contributed by atoms with Crippen molar-refractivity contribution < 1.29 is 22.7 Å². The van der Waals surface area contributed by atoms with E-state index in [0.717, 1.165) is 31.6 Å². The summed E-state index contributed by atoms with van der Waals surface area (Å²) in [6.07, 6.45) is 1.98. The molecule has 2 rings (SSSR count). The number of nitrogens with zero attached hydrogens (tertiary/aromatic N) is 1. The van der Waals surface area contributed by atoms with Crippen molar-refractivity contribution in [2.24, 2.45) is 0 Å². The molecule has 7 heteroatoms. The monoisotopic (exact) mass is 330 g/mol. The van der Waals surface area contributed by atoms with E-state index in [2.05, 4.69) is 5.32 Å². The van der Waals surface area contributed by atoms with Gasteiger partial charge in [-0.25, -0.2) is 13.2 Å². The van der Waals surface area contributed by atoms with Crippen LogP contribution in [0.25, 0.3) is 0 Å². The maximum atomic E-state index is 13.2. The second-order valence-corrected chi connectivity index (χ2v) is 5.84. The van der Waals surface area contributed by atoms with E-state index in [0.29, 0.717) is 6.54 Å². The van der Waals surface area contributed by atoms with Crippen LogP contribution in [0.4, 0.5) is 13.2 Å². The lowest BCUT2D eigenvalue weighted by Crippen LogP contribution is -2.45. The molecular formula is C16H21F3N2O2. The molecule has 0 aliphatic carbocycles. The minimum Gasteiger partial charge on any atom is -0.376 e. The molecule has 2 atom stereocenters. The van der Waals surface area contributed by atoms with Crippen molar-refractivity contribution in [2.45, 2.75) is 38.5 Å². The summed E-state index contributed by atoms with van der Waals surface area (Å²) in [6, 6.07) is 1.38. The van der Waals surface area contributed by atoms with Gasteiger partial charge >= 0.3 is 0 Å². The Morgan fingerprint density at radius 3 is 2.61 bits per heavy atom. The molecule has 4 nitrogen and oxygen atoms in total. The van der Waals surface area contributed by atoms with Crippen molar-refractivity contribution in [1.82, 2.24) is 10.2 Å². The van der Waals surface area contributed by atoms with Crippen molar-refractivity contribution in [3.63, 3.8) is 0 Å². The van der Waals surface area contributed by atoms with Crippen LogP contribution in [0.5, 0.6) is 0 Å². The minimum atomic E-state index is -1.49. The molecule has 0 radical (unpaired) electrons. The van der Waals surface area contributed by atoms with Crippen LogP contribution in [0.3, 0.4) is 0 Å². The molecule has 1 aromatic rings. The summed E-state index contributed by atoms with van der Waals surface area (Å²) in [6.45, 7) is 3.00. The van der Waals surface area contributed by atoms with Gasteiger partial charge in [-0.2, -0.15) is 0 Å². The van der Waals surface area contributed by atoms with E-state index < -0.39 is 23.5 Å². The zero-order valence-electron chi connectivity index (χ0n) is 13.2. The molecule has 1 N–H and O–H groups in total. The highest BCUT2D eigenvalue weighted by atomic mass is 19.2. The van der Waals surface area contributed by atoms with Crippen molar-refractivity contribution in [3.8, 4) is 0 Å². The number of ether oxygens (including phenoxy) is 1. The molecule has 1 fully saturated rings. The molecule has 0 unspecified atom stereocenters. The summed E-state index contributed by atoms with van der Waals surface area (Å²) >= 11 is 0. The minimum absolute atomic E-state index is 0.0525. The summed E-state index contributed by atoms with van der Waals surface area (Å²) in [5, 5.41) is 2.81. The molecule has 0 spiro atoms. The third kappa shape index (κ3) is 4.68. The van der Waals surface area contributed by atoms with E-state index in [-0.39, 0.29) is 24.1 Å². The molecule has 128 valence electrons. The second kappa shape index (κ2) is 7.79. The fraction of sp³-hybridized carbons (Fsp3) is 0.562. The van der Waals surface area contributed by atoms with E-state index in [4.69, 9.17) is 4.74 Å². The Hall–Kier alpha value is -1.60. The number of halogens is 3. The molecule has 1 aliphatic rings. The standard InChI is InChI=1S/C16H21F3N2O2/c1-10(16(22)20-8-12-4-3-5-23-12)21(2)9-11-6-13(17)15(19)14(18)7-11/h6-7,10,12H,3-5,8-9H2,1-2H3,(H,20,22)/t10-,12+/m1/s1. The number of nitrogens with one attached hydrogen (secondary N) is 1. The van der Waals surface area contributed by atoms with Crippen LogP contribution in [0.15, 0.2) is 12.1 Å². The van der Waals surface area contributed by atoms with Crippen LogP contribution in [-0.2, 0) is 16.1 Å². The van der Waals surface area contributed by atoms with Gasteiger partial charge in [0.05, 0.1) is 12.1 Å². The lowest BCUT2D eigenvalue weighted by atomic mass is 10.1. The average Bonchev–Trinajstić information content (AvgIpc) is 3.02. The Bertz CT molecular complexity index is 539. The second-order valence-electron chi connectivity index (χ2n) is 5.84. The predicted molar refractivity (Wildman–Crippen MR) is 79.2 cm³/mol. The van der Waals surface area contributed by atoms with Crippen LogP contribution >= 0.6 is 0 Å². The summed E-state index contributed by atoms with van der Waals surface area (Å²) in [5.74, 6) is -4.14. The molecule has 0 saturated carbocycles. The maximum Gasteiger partial charge on any atom is 0.237 e. The number of carbonyl (C=O) groups excluding carboxylic acids is 1. The highest BCUT2D eigenvalue weighted by molar-refractivity contribution is 5.81. The predicted octanol–water partition coefficient (Wildman–Crippen LogP) is 2.22. The summed E-state index contributed by atoms with van der Waals surface area (Å²) < 4.78 is 44.8. The Morgan fingerprint density at radius 1 is 1.39 bits per heavy atom. The van der Waals surface area contributed by atoms with Crippen molar-refractivity contribution in [2.75, 3.05) is 20.2 Å². The van der Waals surface area contributed by atoms with E-state index in [9.17, 15) is 18.0 Å². The fourth-order valence-electron chi connectivity index (χ4n) is 2.49. The molecule has 1 heterocycles. The molecule has 1 amide bonds. The van der Waals surface area contributed by atoms with Crippen LogP contribution in [-0.4, -0.2) is 43.2 Å². The van der Waals surface area contributed by atoms with E-state index >= 15 is 0 Å². The number of hydrogen-bond acceptors (Lipinski definition) is 3. The van der Waals surface area contributed by atoms with Crippen LogP contribution in [0.2, 0.25) is 0 Å². The molecule has 1 saturated heterocycles. The number of amides is 1. The van der Waals surface area contributed by atoms with Gasteiger partial charge in [0.1, 0.15) is 0 Å². The van der Waals surface area contributed by atoms with Gasteiger partial charge < -0.3 is 10.1 Å². The van der Waals surface area contributed by atoms with Gasteiger partial charge in [0.2, 0.25) is 5.91 Å². The molecule has 1 aliphatic heterocycles. The van der Waals surface area contributed by atoms with E-state index in [1.807, 2.05) is 0 Å². The largest absolute Gasteiger partial charge is 0.376 e. The smallest absolute Gasteiger partial charge is 0.237 e. The molecule has 23 heavy (non-hydrogen) atoms. The maximum absolute atomic E-state index is 13.2. The Labute approximate surface area is 133 Å². The first-order valence-corrected chi connectivity index (χ1v) is 7.61. The van der Waals surface area contributed by atoms with Gasteiger partial charge in [0, 0.05) is 19.7 Å². The van der Waals surface area contributed by atoms with E-state index in [1.54, 1.807) is 18.9 Å². The van der Waals surface area contributed by atoms with Crippen LogP contribution in [0, 0.1) is 17.5 Å². The average molecular weight is 330 g/mol. The van der Waals surface area contributed by atoms with Crippen LogP contribution in [0.1, 0.15) is 25.3 Å². The third-order valence-corrected chi connectivity index (χ3v) is 4.04. The first-order chi connectivity index (χ1) is 10.9. The highest BCUT2D eigenvalue weighted by Gasteiger charge is 2.22. The number of carbonyl (C=O) groups is 1. The SMILES string of the molecule is C[C@H](C(=O)NC[C@@H]1CCCO1)N(C)Cc1cc(F)c(F)c(F)c1. The topological polar surface area (TPSA) is 41.6 Å². The highest BCUT2D eigenvalue weighted by Crippen LogP contribution is 2.16. The summed E-state index contributed by atoms with van der Waals surface area (Å²) in [5.41, 5.74) is 0.266. The van der Waals surface area contributed by atoms with Crippen LogP contribution < -0.4 is 5.32 Å². The molecule has 1 aromatic carbocycles. The number of benzene rings is 1. The van der Waals surface area contributed by atoms with Crippen molar-refractivity contribution in [3.05, 3.63) is 35.1 Å². The lowest BCUT2D eigenvalue weighted by molar-refractivity contribution is -0.126. The Kier molecular flexibility index (Phi) is 6.01. The third-order valence-electron chi connectivity index (χ3n) is 4.04.